The van der Waals surface area contributed by atoms with E-state index in [9.17, 15) is 0 Å². The second-order valence-electron chi connectivity index (χ2n) is 5.63. The lowest BCUT2D eigenvalue weighted by molar-refractivity contribution is 0.536. The van der Waals surface area contributed by atoms with Gasteiger partial charge in [0.05, 0.1) is 0 Å². The summed E-state index contributed by atoms with van der Waals surface area (Å²) in [5.41, 5.74) is 3.65. The van der Waals surface area contributed by atoms with Gasteiger partial charge < -0.3 is 10.7 Å². The summed E-state index contributed by atoms with van der Waals surface area (Å²) in [5.74, 6) is 9.60. The predicted octanol–water partition coefficient (Wildman–Crippen LogP) is 2.48. The Labute approximate surface area is 115 Å². The van der Waals surface area contributed by atoms with Gasteiger partial charge in [-0.3, -0.25) is 0 Å². The summed E-state index contributed by atoms with van der Waals surface area (Å²) in [6.07, 6.45) is 4.80. The number of nitrogen functional groups attached to an aromatic ring is 1. The quantitative estimate of drug-likeness (QED) is 0.562. The van der Waals surface area contributed by atoms with Gasteiger partial charge in [0.15, 0.2) is 0 Å². The number of aryl methyl sites for hydroxylation is 1. The standard InChI is InChI=1S/C14H25N5/c1-4-12-17-13(10(3)14(18-12)19-15)16-8-11-6-5-9(2)7-11/h9,11H,4-8,15H2,1-3H3,(H2,16,17,18,19). The van der Waals surface area contributed by atoms with Crippen LogP contribution < -0.4 is 16.6 Å². The average Bonchev–Trinajstić information content (AvgIpc) is 2.83. The van der Waals surface area contributed by atoms with Crippen LogP contribution in [0.4, 0.5) is 11.6 Å². The number of anilines is 2. The van der Waals surface area contributed by atoms with Crippen molar-refractivity contribution in [3.8, 4) is 0 Å². The number of hydrazine groups is 1. The molecule has 4 N–H and O–H groups in total. The maximum atomic E-state index is 5.51. The second-order valence-corrected chi connectivity index (χ2v) is 5.63. The molecule has 0 amide bonds. The molecule has 1 aromatic rings. The van der Waals surface area contributed by atoms with Crippen LogP contribution in [0.2, 0.25) is 0 Å². The number of nitrogens with zero attached hydrogens (tertiary/aromatic N) is 2. The van der Waals surface area contributed by atoms with E-state index in [0.29, 0.717) is 5.82 Å². The zero-order valence-corrected chi connectivity index (χ0v) is 12.2. The van der Waals surface area contributed by atoms with Gasteiger partial charge in [-0.2, -0.15) is 0 Å². The molecule has 1 heterocycles. The highest BCUT2D eigenvalue weighted by Gasteiger charge is 2.21. The smallest absolute Gasteiger partial charge is 0.148 e. The van der Waals surface area contributed by atoms with Crippen LogP contribution in [0, 0.1) is 18.8 Å². The van der Waals surface area contributed by atoms with Crippen LogP contribution in [0.3, 0.4) is 0 Å². The number of nitrogens with one attached hydrogen (secondary N) is 2. The Kier molecular flexibility index (Phi) is 4.58. The Bertz CT molecular complexity index is 432. The third-order valence-corrected chi connectivity index (χ3v) is 4.01. The van der Waals surface area contributed by atoms with E-state index in [1.165, 1.54) is 19.3 Å². The molecule has 0 aliphatic heterocycles. The third-order valence-electron chi connectivity index (χ3n) is 4.01. The first kappa shape index (κ1) is 14.1. The largest absolute Gasteiger partial charge is 0.369 e. The first-order chi connectivity index (χ1) is 9.13. The number of aromatic nitrogens is 2. The van der Waals surface area contributed by atoms with E-state index < -0.39 is 0 Å². The van der Waals surface area contributed by atoms with E-state index in [-0.39, 0.29) is 0 Å². The van der Waals surface area contributed by atoms with Gasteiger partial charge in [0.1, 0.15) is 17.5 Å². The fourth-order valence-electron chi connectivity index (χ4n) is 2.79. The van der Waals surface area contributed by atoms with Gasteiger partial charge in [-0.1, -0.05) is 20.3 Å². The number of nitrogens with two attached hydrogens (primary N) is 1. The molecule has 5 nitrogen and oxygen atoms in total. The van der Waals surface area contributed by atoms with Crippen molar-refractivity contribution in [2.24, 2.45) is 17.7 Å². The number of hydrogen-bond acceptors (Lipinski definition) is 5. The first-order valence-corrected chi connectivity index (χ1v) is 7.22. The average molecular weight is 263 g/mol. The third kappa shape index (κ3) is 3.35. The Morgan fingerprint density at radius 3 is 2.58 bits per heavy atom. The topological polar surface area (TPSA) is 75.9 Å². The lowest BCUT2D eigenvalue weighted by Crippen LogP contribution is -2.17. The van der Waals surface area contributed by atoms with Gasteiger partial charge in [-0.15, -0.1) is 0 Å². The van der Waals surface area contributed by atoms with Crippen LogP contribution in [-0.2, 0) is 6.42 Å². The summed E-state index contributed by atoms with van der Waals surface area (Å²) in [5, 5.41) is 3.48. The highest BCUT2D eigenvalue weighted by atomic mass is 15.3. The van der Waals surface area contributed by atoms with Crippen LogP contribution >= 0.6 is 0 Å². The van der Waals surface area contributed by atoms with Crippen LogP contribution in [0.25, 0.3) is 0 Å². The summed E-state index contributed by atoms with van der Waals surface area (Å²) in [6, 6.07) is 0. The molecule has 19 heavy (non-hydrogen) atoms. The molecule has 0 bridgehead atoms. The van der Waals surface area contributed by atoms with E-state index in [2.05, 4.69) is 27.6 Å². The molecule has 2 unspecified atom stereocenters. The molecular formula is C14H25N5. The van der Waals surface area contributed by atoms with Crippen molar-refractivity contribution in [3.05, 3.63) is 11.4 Å². The van der Waals surface area contributed by atoms with Gasteiger partial charge in [-0.05, 0) is 31.6 Å². The highest BCUT2D eigenvalue weighted by molar-refractivity contribution is 5.56. The summed E-state index contributed by atoms with van der Waals surface area (Å²) >= 11 is 0. The highest BCUT2D eigenvalue weighted by Crippen LogP contribution is 2.30. The molecule has 1 fully saturated rings. The predicted molar refractivity (Wildman–Crippen MR) is 79.0 cm³/mol. The molecule has 1 aliphatic carbocycles. The summed E-state index contributed by atoms with van der Waals surface area (Å²) in [6.45, 7) is 7.37. The fourth-order valence-corrected chi connectivity index (χ4v) is 2.79. The molecule has 5 heteroatoms. The van der Waals surface area contributed by atoms with Gasteiger partial charge in [0, 0.05) is 18.5 Å². The Morgan fingerprint density at radius 1 is 1.26 bits per heavy atom. The Hall–Kier alpha value is -1.36. The molecule has 0 radical (unpaired) electrons. The summed E-state index contributed by atoms with van der Waals surface area (Å²) < 4.78 is 0. The molecule has 0 spiro atoms. The minimum Gasteiger partial charge on any atom is -0.369 e. The minimum absolute atomic E-state index is 0.717. The van der Waals surface area contributed by atoms with E-state index >= 15 is 0 Å². The molecular weight excluding hydrogens is 238 g/mol. The van der Waals surface area contributed by atoms with Gasteiger partial charge in [0.25, 0.3) is 0 Å². The van der Waals surface area contributed by atoms with E-state index in [1.807, 2.05) is 13.8 Å². The Balaban J connectivity index is 2.06. The first-order valence-electron chi connectivity index (χ1n) is 7.22. The van der Waals surface area contributed by atoms with Crippen molar-refractivity contribution in [2.75, 3.05) is 17.3 Å². The monoisotopic (exact) mass is 263 g/mol. The van der Waals surface area contributed by atoms with Gasteiger partial charge >= 0.3 is 0 Å². The molecule has 0 saturated heterocycles. The molecule has 1 aliphatic rings. The minimum atomic E-state index is 0.717. The van der Waals surface area contributed by atoms with E-state index in [0.717, 1.165) is 42.0 Å². The summed E-state index contributed by atoms with van der Waals surface area (Å²) in [7, 11) is 0. The SMILES string of the molecule is CCc1nc(NN)c(C)c(NCC2CCC(C)C2)n1. The van der Waals surface area contributed by atoms with Crippen molar-refractivity contribution >= 4 is 11.6 Å². The lowest BCUT2D eigenvalue weighted by atomic mass is 10.1. The molecule has 1 saturated carbocycles. The van der Waals surface area contributed by atoms with E-state index in [4.69, 9.17) is 5.84 Å². The van der Waals surface area contributed by atoms with Crippen LogP contribution in [0.15, 0.2) is 0 Å². The van der Waals surface area contributed by atoms with Gasteiger partial charge in [-0.25, -0.2) is 15.8 Å². The second kappa shape index (κ2) is 6.19. The zero-order chi connectivity index (χ0) is 13.8. The zero-order valence-electron chi connectivity index (χ0n) is 12.2. The van der Waals surface area contributed by atoms with Crippen molar-refractivity contribution in [1.29, 1.82) is 0 Å². The maximum absolute atomic E-state index is 5.51. The Morgan fingerprint density at radius 2 is 2.00 bits per heavy atom. The fraction of sp³-hybridized carbons (Fsp3) is 0.714. The van der Waals surface area contributed by atoms with E-state index in [1.54, 1.807) is 0 Å². The van der Waals surface area contributed by atoms with Crippen molar-refractivity contribution in [2.45, 2.75) is 46.5 Å². The number of rotatable bonds is 5. The molecule has 0 aromatic carbocycles. The molecule has 2 atom stereocenters. The van der Waals surface area contributed by atoms with Crippen molar-refractivity contribution < 1.29 is 0 Å². The van der Waals surface area contributed by atoms with Crippen LogP contribution in [-0.4, -0.2) is 16.5 Å². The molecule has 106 valence electrons. The normalized spacial score (nSPS) is 22.5. The van der Waals surface area contributed by atoms with Crippen LogP contribution in [0.5, 0.6) is 0 Å². The number of hydrogen-bond donors (Lipinski definition) is 3. The van der Waals surface area contributed by atoms with Crippen LogP contribution in [0.1, 0.15) is 44.5 Å². The lowest BCUT2D eigenvalue weighted by Gasteiger charge is -2.16. The van der Waals surface area contributed by atoms with Gasteiger partial charge in [0.2, 0.25) is 0 Å². The van der Waals surface area contributed by atoms with Crippen molar-refractivity contribution in [1.82, 2.24) is 9.97 Å². The maximum Gasteiger partial charge on any atom is 0.148 e. The van der Waals surface area contributed by atoms with Crippen molar-refractivity contribution in [3.63, 3.8) is 0 Å². The summed E-state index contributed by atoms with van der Waals surface area (Å²) in [4.78, 5) is 8.94. The molecule has 1 aromatic heterocycles. The molecule has 2 rings (SSSR count).